The van der Waals surface area contributed by atoms with Crippen LogP contribution in [0.5, 0.6) is 11.5 Å². The molecule has 0 bridgehead atoms. The molecule has 0 aliphatic heterocycles. The molecule has 0 amide bonds. The monoisotopic (exact) mass is 338 g/mol. The van der Waals surface area contributed by atoms with Crippen molar-refractivity contribution < 1.29 is 8.85 Å². The van der Waals surface area contributed by atoms with E-state index < -0.39 is 16.6 Å². The first-order chi connectivity index (χ1) is 10.1. The summed E-state index contributed by atoms with van der Waals surface area (Å²) in [5, 5.41) is 0. The van der Waals surface area contributed by atoms with Crippen LogP contribution >= 0.6 is 0 Å². The molecule has 0 aliphatic rings. The van der Waals surface area contributed by atoms with Gasteiger partial charge in [0.1, 0.15) is 11.5 Å². The van der Waals surface area contributed by atoms with Gasteiger partial charge in [-0.2, -0.15) is 0 Å². The minimum Gasteiger partial charge on any atom is -0.544 e. The molecule has 0 saturated carbocycles. The van der Waals surface area contributed by atoms with Crippen molar-refractivity contribution in [2.75, 3.05) is 0 Å². The Kier molecular flexibility index (Phi) is 7.20. The molecule has 0 spiro atoms. The summed E-state index contributed by atoms with van der Waals surface area (Å²) >= 11 is 0. The first-order valence-electron chi connectivity index (χ1n) is 8.62. The van der Waals surface area contributed by atoms with Crippen LogP contribution in [0.2, 0.25) is 39.3 Å². The first kappa shape index (κ1) is 19.3. The molecule has 0 atom stereocenters. The number of rotatable bonds is 9. The highest BCUT2D eigenvalue weighted by Gasteiger charge is 2.21. The average Bonchev–Trinajstić information content (AvgIpc) is 2.33. The largest absolute Gasteiger partial charge is 0.544 e. The van der Waals surface area contributed by atoms with Crippen molar-refractivity contribution in [3.8, 4) is 11.5 Å². The SMILES string of the molecule is CCCCCCc1ccc(O[Si](C)(C)C)cc1O[Si](C)(C)C. The lowest BCUT2D eigenvalue weighted by Crippen LogP contribution is -2.31. The van der Waals surface area contributed by atoms with Crippen molar-refractivity contribution in [1.29, 1.82) is 0 Å². The number of unbranched alkanes of at least 4 members (excludes halogenated alkanes) is 3. The fourth-order valence-electron chi connectivity index (χ4n) is 2.33. The van der Waals surface area contributed by atoms with Crippen molar-refractivity contribution in [2.24, 2.45) is 0 Å². The van der Waals surface area contributed by atoms with Crippen LogP contribution in [0, 0.1) is 0 Å². The number of hydrogen-bond donors (Lipinski definition) is 0. The smallest absolute Gasteiger partial charge is 0.242 e. The Labute approximate surface area is 139 Å². The van der Waals surface area contributed by atoms with E-state index in [4.69, 9.17) is 8.85 Å². The third kappa shape index (κ3) is 8.04. The van der Waals surface area contributed by atoms with Gasteiger partial charge < -0.3 is 8.85 Å². The first-order valence-corrected chi connectivity index (χ1v) is 15.4. The molecule has 0 fully saturated rings. The summed E-state index contributed by atoms with van der Waals surface area (Å²) in [6.45, 7) is 15.6. The summed E-state index contributed by atoms with van der Waals surface area (Å²) in [4.78, 5) is 0. The molecule has 4 heteroatoms. The van der Waals surface area contributed by atoms with Gasteiger partial charge in [-0.3, -0.25) is 0 Å². The molecule has 0 unspecified atom stereocenters. The Bertz CT molecular complexity index is 459. The van der Waals surface area contributed by atoms with E-state index in [0.717, 1.165) is 17.9 Å². The van der Waals surface area contributed by atoms with E-state index in [2.05, 4.69) is 64.4 Å². The fraction of sp³-hybridized carbons (Fsp3) is 0.667. The lowest BCUT2D eigenvalue weighted by molar-refractivity contribution is 0.525. The summed E-state index contributed by atoms with van der Waals surface area (Å²) in [6, 6.07) is 6.44. The Morgan fingerprint density at radius 1 is 0.818 bits per heavy atom. The van der Waals surface area contributed by atoms with Crippen LogP contribution in [0.1, 0.15) is 38.2 Å². The van der Waals surface area contributed by atoms with E-state index in [1.165, 1.54) is 31.2 Å². The van der Waals surface area contributed by atoms with Crippen molar-refractivity contribution in [1.82, 2.24) is 0 Å². The minimum atomic E-state index is -1.61. The summed E-state index contributed by atoms with van der Waals surface area (Å²) in [6.07, 6.45) is 6.25. The Hall–Kier alpha value is -0.746. The third-order valence-corrected chi connectivity index (χ3v) is 4.86. The van der Waals surface area contributed by atoms with Crippen molar-refractivity contribution in [3.05, 3.63) is 23.8 Å². The second-order valence-corrected chi connectivity index (χ2v) is 16.9. The molecule has 0 aliphatic carbocycles. The number of benzene rings is 1. The van der Waals surface area contributed by atoms with Gasteiger partial charge in [-0.05, 0) is 63.8 Å². The van der Waals surface area contributed by atoms with Gasteiger partial charge in [-0.25, -0.2) is 0 Å². The standard InChI is InChI=1S/C18H34O2Si2/c1-8-9-10-11-12-16-13-14-17(19-21(2,3)4)15-18(16)20-22(5,6)7/h13-15H,8-12H2,1-7H3. The molecule has 0 radical (unpaired) electrons. The highest BCUT2D eigenvalue weighted by Crippen LogP contribution is 2.30. The van der Waals surface area contributed by atoms with E-state index in [1.54, 1.807) is 0 Å². The topological polar surface area (TPSA) is 18.5 Å². The highest BCUT2D eigenvalue weighted by molar-refractivity contribution is 6.70. The van der Waals surface area contributed by atoms with Crippen LogP contribution in [0.15, 0.2) is 18.2 Å². The molecule has 0 aromatic heterocycles. The molecule has 0 saturated heterocycles. The zero-order valence-corrected chi connectivity index (χ0v) is 17.6. The zero-order chi connectivity index (χ0) is 16.8. The van der Waals surface area contributed by atoms with Crippen molar-refractivity contribution >= 4 is 16.6 Å². The second-order valence-electron chi connectivity index (χ2n) is 8.01. The van der Waals surface area contributed by atoms with E-state index in [1.807, 2.05) is 0 Å². The molecule has 2 nitrogen and oxygen atoms in total. The van der Waals surface area contributed by atoms with Gasteiger partial charge >= 0.3 is 0 Å². The van der Waals surface area contributed by atoms with E-state index >= 15 is 0 Å². The van der Waals surface area contributed by atoms with Gasteiger partial charge in [0.2, 0.25) is 16.6 Å². The van der Waals surface area contributed by atoms with Crippen LogP contribution in [0.3, 0.4) is 0 Å². The number of hydrogen-bond acceptors (Lipinski definition) is 2. The second kappa shape index (κ2) is 8.20. The van der Waals surface area contributed by atoms with E-state index in [0.29, 0.717) is 0 Å². The Balaban J connectivity index is 2.89. The molecule has 0 N–H and O–H groups in total. The average molecular weight is 339 g/mol. The molecule has 22 heavy (non-hydrogen) atoms. The van der Waals surface area contributed by atoms with Crippen LogP contribution in [-0.2, 0) is 6.42 Å². The maximum atomic E-state index is 6.32. The molecule has 1 aromatic rings. The molecular weight excluding hydrogens is 304 g/mol. The van der Waals surface area contributed by atoms with Crippen LogP contribution in [0.4, 0.5) is 0 Å². The van der Waals surface area contributed by atoms with Gasteiger partial charge in [-0.1, -0.05) is 32.3 Å². The van der Waals surface area contributed by atoms with Crippen molar-refractivity contribution in [2.45, 2.75) is 78.3 Å². The predicted octanol–water partition coefficient (Wildman–Crippen LogP) is 6.24. The third-order valence-electron chi connectivity index (χ3n) is 3.18. The predicted molar refractivity (Wildman–Crippen MR) is 102 cm³/mol. The lowest BCUT2D eigenvalue weighted by Gasteiger charge is -2.24. The van der Waals surface area contributed by atoms with Gasteiger partial charge in [0.25, 0.3) is 0 Å². The zero-order valence-electron chi connectivity index (χ0n) is 15.6. The molecule has 0 heterocycles. The molecule has 1 rings (SSSR count). The van der Waals surface area contributed by atoms with E-state index in [-0.39, 0.29) is 0 Å². The van der Waals surface area contributed by atoms with Gasteiger partial charge in [0, 0.05) is 6.07 Å². The Morgan fingerprint density at radius 3 is 2.00 bits per heavy atom. The quantitative estimate of drug-likeness (QED) is 0.392. The van der Waals surface area contributed by atoms with Crippen LogP contribution < -0.4 is 8.85 Å². The lowest BCUT2D eigenvalue weighted by atomic mass is 10.1. The maximum absolute atomic E-state index is 6.32. The summed E-state index contributed by atoms with van der Waals surface area (Å²) in [7, 11) is -3.19. The minimum absolute atomic E-state index is 0.963. The van der Waals surface area contributed by atoms with Crippen LogP contribution in [0.25, 0.3) is 0 Å². The van der Waals surface area contributed by atoms with Gasteiger partial charge in [0.05, 0.1) is 0 Å². The van der Waals surface area contributed by atoms with Crippen LogP contribution in [-0.4, -0.2) is 16.6 Å². The molecule has 126 valence electrons. The normalized spacial score (nSPS) is 12.3. The van der Waals surface area contributed by atoms with Gasteiger partial charge in [0.15, 0.2) is 0 Å². The molecular formula is C18H34O2Si2. The maximum Gasteiger partial charge on any atom is 0.242 e. The van der Waals surface area contributed by atoms with Crippen molar-refractivity contribution in [3.63, 3.8) is 0 Å². The summed E-state index contributed by atoms with van der Waals surface area (Å²) < 4.78 is 12.4. The van der Waals surface area contributed by atoms with Gasteiger partial charge in [-0.15, -0.1) is 0 Å². The summed E-state index contributed by atoms with van der Waals surface area (Å²) in [5.74, 6) is 2.01. The Morgan fingerprint density at radius 2 is 1.45 bits per heavy atom. The fourth-order valence-corrected chi connectivity index (χ4v) is 4.01. The van der Waals surface area contributed by atoms with E-state index in [9.17, 15) is 0 Å². The number of aryl methyl sites for hydroxylation is 1. The summed E-state index contributed by atoms with van der Waals surface area (Å²) in [5.41, 5.74) is 1.33. The highest BCUT2D eigenvalue weighted by atomic mass is 28.4. The molecule has 1 aromatic carbocycles.